The van der Waals surface area contributed by atoms with E-state index in [0.717, 1.165) is 24.3 Å². The number of aliphatic imine (C=N–C) groups is 1. The van der Waals surface area contributed by atoms with Crippen molar-refractivity contribution in [3.05, 3.63) is 35.9 Å². The molecule has 2 N–H and O–H groups in total. The zero-order valence-electron chi connectivity index (χ0n) is 15.6. The lowest BCUT2D eigenvalue weighted by molar-refractivity contribution is 0.245. The maximum absolute atomic E-state index is 4.44. The molecule has 1 saturated carbocycles. The molecule has 1 aliphatic heterocycles. The van der Waals surface area contributed by atoms with Gasteiger partial charge in [0, 0.05) is 37.5 Å². The van der Waals surface area contributed by atoms with Gasteiger partial charge in [-0.1, -0.05) is 30.3 Å². The number of rotatable bonds is 6. The Balaban J connectivity index is 1.46. The highest BCUT2D eigenvalue weighted by molar-refractivity contribution is 7.99. The van der Waals surface area contributed by atoms with Crippen molar-refractivity contribution >= 4 is 17.7 Å². The minimum atomic E-state index is 0.577. The van der Waals surface area contributed by atoms with Crippen molar-refractivity contribution in [2.24, 2.45) is 4.99 Å². The summed E-state index contributed by atoms with van der Waals surface area (Å²) < 4.78 is 0. The van der Waals surface area contributed by atoms with Gasteiger partial charge in [-0.25, -0.2) is 0 Å². The van der Waals surface area contributed by atoms with Crippen LogP contribution in [-0.4, -0.2) is 54.6 Å². The van der Waals surface area contributed by atoms with Crippen LogP contribution in [0.2, 0.25) is 0 Å². The fraction of sp³-hybridized carbons (Fsp3) is 0.650. The molecule has 1 aromatic rings. The Hall–Kier alpha value is -1.20. The lowest BCUT2D eigenvalue weighted by Gasteiger charge is -2.26. The Morgan fingerprint density at radius 2 is 2.08 bits per heavy atom. The van der Waals surface area contributed by atoms with Crippen LogP contribution in [0.25, 0.3) is 0 Å². The van der Waals surface area contributed by atoms with Gasteiger partial charge in [0.2, 0.25) is 0 Å². The van der Waals surface area contributed by atoms with Crippen LogP contribution in [-0.2, 0) is 6.54 Å². The maximum atomic E-state index is 4.44. The van der Waals surface area contributed by atoms with Gasteiger partial charge in [0.05, 0.1) is 0 Å². The van der Waals surface area contributed by atoms with Crippen LogP contribution in [0.1, 0.15) is 37.7 Å². The second-order valence-corrected chi connectivity index (χ2v) is 8.36. The summed E-state index contributed by atoms with van der Waals surface area (Å²) >= 11 is 2.00. The van der Waals surface area contributed by atoms with Crippen molar-refractivity contribution in [2.75, 3.05) is 26.4 Å². The van der Waals surface area contributed by atoms with Gasteiger partial charge in [0.25, 0.3) is 0 Å². The largest absolute Gasteiger partial charge is 0.355 e. The van der Waals surface area contributed by atoms with Gasteiger partial charge in [-0.3, -0.25) is 9.89 Å². The first kappa shape index (κ1) is 18.6. The summed E-state index contributed by atoms with van der Waals surface area (Å²) in [5.74, 6) is 0.971. The molecule has 5 heteroatoms. The van der Waals surface area contributed by atoms with Crippen LogP contribution in [0.4, 0.5) is 0 Å². The highest BCUT2D eigenvalue weighted by atomic mass is 32.2. The molecule has 25 heavy (non-hydrogen) atoms. The highest BCUT2D eigenvalue weighted by Crippen LogP contribution is 2.28. The van der Waals surface area contributed by atoms with Crippen LogP contribution in [0.15, 0.2) is 35.3 Å². The van der Waals surface area contributed by atoms with E-state index >= 15 is 0 Å². The minimum Gasteiger partial charge on any atom is -0.355 e. The van der Waals surface area contributed by atoms with Gasteiger partial charge in [-0.05, 0) is 50.5 Å². The van der Waals surface area contributed by atoms with E-state index < -0.39 is 0 Å². The summed E-state index contributed by atoms with van der Waals surface area (Å²) in [5.41, 5.74) is 1.41. The first-order valence-corrected chi connectivity index (χ1v) is 10.8. The molecule has 1 saturated heterocycles. The van der Waals surface area contributed by atoms with E-state index in [9.17, 15) is 0 Å². The Labute approximate surface area is 156 Å². The fourth-order valence-corrected chi connectivity index (χ4v) is 4.84. The molecule has 1 aliphatic carbocycles. The zero-order chi connectivity index (χ0) is 17.5. The Morgan fingerprint density at radius 1 is 1.24 bits per heavy atom. The van der Waals surface area contributed by atoms with Gasteiger partial charge in [0.15, 0.2) is 5.96 Å². The second-order valence-electron chi connectivity index (χ2n) is 7.22. The van der Waals surface area contributed by atoms with Crippen LogP contribution < -0.4 is 10.6 Å². The molecule has 3 unspecified atom stereocenters. The average Bonchev–Trinajstić information content (AvgIpc) is 3.28. The molecule has 0 spiro atoms. The zero-order valence-corrected chi connectivity index (χ0v) is 16.4. The van der Waals surface area contributed by atoms with E-state index in [0.29, 0.717) is 12.1 Å². The Morgan fingerprint density at radius 3 is 2.80 bits per heavy atom. The van der Waals surface area contributed by atoms with E-state index in [4.69, 9.17) is 0 Å². The molecule has 138 valence electrons. The molecule has 0 aromatic heterocycles. The topological polar surface area (TPSA) is 39.7 Å². The molecule has 4 nitrogen and oxygen atoms in total. The quantitative estimate of drug-likeness (QED) is 0.604. The van der Waals surface area contributed by atoms with Crippen LogP contribution in [0.5, 0.6) is 0 Å². The molecule has 0 amide bonds. The smallest absolute Gasteiger partial charge is 0.191 e. The van der Waals surface area contributed by atoms with Crippen molar-refractivity contribution in [1.29, 1.82) is 0 Å². The van der Waals surface area contributed by atoms with Crippen LogP contribution in [0.3, 0.4) is 0 Å². The number of nitrogens with zero attached hydrogens (tertiary/aromatic N) is 2. The maximum Gasteiger partial charge on any atom is 0.191 e. The van der Waals surface area contributed by atoms with Crippen molar-refractivity contribution < 1.29 is 0 Å². The van der Waals surface area contributed by atoms with E-state index in [2.05, 4.69) is 57.1 Å². The molecule has 0 bridgehead atoms. The summed E-state index contributed by atoms with van der Waals surface area (Å²) in [5, 5.41) is 8.01. The monoisotopic (exact) mass is 360 g/mol. The van der Waals surface area contributed by atoms with Crippen molar-refractivity contribution in [2.45, 2.75) is 56.0 Å². The molecule has 3 rings (SSSR count). The number of benzene rings is 1. The normalized spacial score (nSPS) is 27.6. The lowest BCUT2D eigenvalue weighted by Crippen LogP contribution is -2.47. The molecule has 1 heterocycles. The molecule has 1 aromatic carbocycles. The van der Waals surface area contributed by atoms with Crippen molar-refractivity contribution in [1.82, 2.24) is 15.5 Å². The van der Waals surface area contributed by atoms with Crippen molar-refractivity contribution in [3.8, 4) is 0 Å². The van der Waals surface area contributed by atoms with Crippen molar-refractivity contribution in [3.63, 3.8) is 0 Å². The Kier molecular flexibility index (Phi) is 7.05. The predicted octanol–water partition coefficient (Wildman–Crippen LogP) is 3.10. The number of guanidine groups is 1. The van der Waals surface area contributed by atoms with Gasteiger partial charge in [0.1, 0.15) is 0 Å². The van der Waals surface area contributed by atoms with E-state index in [1.807, 2.05) is 18.8 Å². The summed E-state index contributed by atoms with van der Waals surface area (Å²) in [4.78, 5) is 7.05. The molecular formula is C20H32N4S. The third-order valence-electron chi connectivity index (χ3n) is 5.51. The van der Waals surface area contributed by atoms with E-state index in [1.54, 1.807) is 0 Å². The minimum absolute atomic E-state index is 0.577. The highest BCUT2D eigenvalue weighted by Gasteiger charge is 2.26. The van der Waals surface area contributed by atoms with E-state index in [1.165, 1.54) is 44.2 Å². The SMILES string of the molecule is CN=C(NCC1CCCN1Cc1ccccc1)NC1CCC(SC)C1. The Bertz CT molecular complexity index is 548. The first-order chi connectivity index (χ1) is 12.3. The average molecular weight is 361 g/mol. The van der Waals surface area contributed by atoms with Gasteiger partial charge in [-0.2, -0.15) is 11.8 Å². The number of nitrogens with one attached hydrogen (secondary N) is 2. The molecule has 2 aliphatic rings. The van der Waals surface area contributed by atoms with Crippen LogP contribution >= 0.6 is 11.8 Å². The summed E-state index contributed by atoms with van der Waals surface area (Å²) in [6, 6.07) is 12.0. The molecule has 2 fully saturated rings. The fourth-order valence-electron chi connectivity index (χ4n) is 4.04. The third-order valence-corrected chi connectivity index (χ3v) is 6.61. The lowest BCUT2D eigenvalue weighted by atomic mass is 10.2. The van der Waals surface area contributed by atoms with Crippen LogP contribution in [0, 0.1) is 0 Å². The third kappa shape index (κ3) is 5.38. The van der Waals surface area contributed by atoms with E-state index in [-0.39, 0.29) is 0 Å². The number of thioether (sulfide) groups is 1. The second kappa shape index (κ2) is 9.48. The summed E-state index contributed by atoms with van der Waals surface area (Å²) in [6.45, 7) is 3.23. The van der Waals surface area contributed by atoms with Gasteiger partial charge < -0.3 is 10.6 Å². The molecular weight excluding hydrogens is 328 g/mol. The standard InChI is InChI=1S/C20H32N4S/c1-21-20(23-17-10-11-19(13-17)25-2)22-14-18-9-6-12-24(18)15-16-7-4-3-5-8-16/h3-5,7-8,17-19H,6,9-15H2,1-2H3,(H2,21,22,23). The first-order valence-electron chi connectivity index (χ1n) is 9.56. The number of hydrogen-bond donors (Lipinski definition) is 2. The number of hydrogen-bond acceptors (Lipinski definition) is 3. The summed E-state index contributed by atoms with van der Waals surface area (Å²) in [7, 11) is 1.88. The molecule has 0 radical (unpaired) electrons. The number of likely N-dealkylation sites (tertiary alicyclic amines) is 1. The summed E-state index contributed by atoms with van der Waals surface area (Å²) in [6.07, 6.45) is 8.63. The predicted molar refractivity (Wildman–Crippen MR) is 109 cm³/mol. The molecule has 3 atom stereocenters. The van der Waals surface area contributed by atoms with Gasteiger partial charge >= 0.3 is 0 Å². The van der Waals surface area contributed by atoms with Gasteiger partial charge in [-0.15, -0.1) is 0 Å².